The maximum atomic E-state index is 11.5. The monoisotopic (exact) mass is 270 g/mol. The summed E-state index contributed by atoms with van der Waals surface area (Å²) in [5.41, 5.74) is 0.773. The van der Waals surface area contributed by atoms with Crippen LogP contribution in [-0.2, 0) is 14.3 Å². The molecule has 0 saturated carbocycles. The second-order valence-corrected chi connectivity index (χ2v) is 4.06. The Morgan fingerprint density at radius 1 is 1.40 bits per heavy atom. The van der Waals surface area contributed by atoms with Crippen molar-refractivity contribution >= 4 is 23.5 Å². The molecular weight excluding hydrogens is 256 g/mol. The van der Waals surface area contributed by atoms with E-state index in [1.807, 2.05) is 30.3 Å². The smallest absolute Gasteiger partial charge is 0.331 e. The van der Waals surface area contributed by atoms with Crippen molar-refractivity contribution in [2.24, 2.45) is 5.92 Å². The normalized spacial score (nSPS) is 11.6. The van der Waals surface area contributed by atoms with E-state index in [2.05, 4.69) is 0 Å². The third-order valence-corrected chi connectivity index (χ3v) is 2.45. The summed E-state index contributed by atoms with van der Waals surface area (Å²) in [7, 11) is 0. The average molecular weight is 270 g/mol. The number of nitriles is 1. The van der Waals surface area contributed by atoms with E-state index in [9.17, 15) is 9.59 Å². The number of nitrogens with one attached hydrogen (secondary N) is 1. The van der Waals surface area contributed by atoms with E-state index < -0.39 is 24.3 Å². The molecule has 102 valence electrons. The molecule has 0 radical (unpaired) electrons. The number of hydrogen-bond acceptors (Lipinski definition) is 5. The lowest BCUT2D eigenvalue weighted by Crippen LogP contribution is -2.25. The summed E-state index contributed by atoms with van der Waals surface area (Å²) in [6.07, 6.45) is 2.78. The van der Waals surface area contributed by atoms with Crippen LogP contribution in [0.5, 0.6) is 0 Å². The summed E-state index contributed by atoms with van der Waals surface area (Å²) >= 11 is 0. The highest BCUT2D eigenvalue weighted by Crippen LogP contribution is 2.02. The minimum absolute atomic E-state index is 0.0617. The SMILES string of the molecule is CC(=N)C(C#N)C(=O)COC(=O)/C=C/c1ccccc1. The Morgan fingerprint density at radius 2 is 2.05 bits per heavy atom. The molecule has 1 N–H and O–H groups in total. The van der Waals surface area contributed by atoms with Gasteiger partial charge >= 0.3 is 5.97 Å². The molecule has 20 heavy (non-hydrogen) atoms. The zero-order valence-corrected chi connectivity index (χ0v) is 11.0. The molecule has 0 aromatic heterocycles. The third kappa shape index (κ3) is 4.86. The molecule has 5 heteroatoms. The Labute approximate surface area is 117 Å². The number of carbonyl (C=O) groups is 2. The molecule has 0 heterocycles. The molecule has 1 unspecified atom stereocenters. The number of hydrogen-bond donors (Lipinski definition) is 1. The molecule has 1 atom stereocenters. The van der Waals surface area contributed by atoms with Gasteiger partial charge in [0.1, 0.15) is 5.92 Å². The van der Waals surface area contributed by atoms with E-state index in [0.717, 1.165) is 5.56 Å². The molecule has 1 aromatic carbocycles. The number of ether oxygens (including phenoxy) is 1. The molecule has 1 rings (SSSR count). The van der Waals surface area contributed by atoms with Gasteiger partial charge in [0.05, 0.1) is 6.07 Å². The van der Waals surface area contributed by atoms with Gasteiger partial charge in [-0.2, -0.15) is 5.26 Å². The molecule has 0 saturated heterocycles. The van der Waals surface area contributed by atoms with Gasteiger partial charge in [-0.3, -0.25) is 4.79 Å². The fourth-order valence-corrected chi connectivity index (χ4v) is 1.41. The first-order valence-electron chi connectivity index (χ1n) is 5.92. The Kier molecular flexibility index (Phi) is 5.85. The fourth-order valence-electron chi connectivity index (χ4n) is 1.41. The van der Waals surface area contributed by atoms with Gasteiger partial charge in [-0.05, 0) is 18.6 Å². The Hall–Kier alpha value is -2.74. The van der Waals surface area contributed by atoms with Crippen LogP contribution >= 0.6 is 0 Å². The number of carbonyl (C=O) groups excluding carboxylic acids is 2. The molecule has 0 fully saturated rings. The summed E-state index contributed by atoms with van der Waals surface area (Å²) in [4.78, 5) is 22.9. The molecule has 0 spiro atoms. The number of Topliss-reactive ketones (excluding diaryl/α,β-unsaturated/α-hetero) is 1. The summed E-state index contributed by atoms with van der Waals surface area (Å²) in [5, 5.41) is 16.0. The van der Waals surface area contributed by atoms with E-state index in [-0.39, 0.29) is 5.71 Å². The Balaban J connectivity index is 2.48. The maximum Gasteiger partial charge on any atom is 0.331 e. The highest BCUT2D eigenvalue weighted by atomic mass is 16.5. The predicted molar refractivity (Wildman–Crippen MR) is 73.9 cm³/mol. The van der Waals surface area contributed by atoms with Crippen molar-refractivity contribution in [2.75, 3.05) is 6.61 Å². The number of rotatable bonds is 6. The van der Waals surface area contributed by atoms with Crippen LogP contribution in [0.4, 0.5) is 0 Å². The van der Waals surface area contributed by atoms with Crippen LogP contribution in [0.25, 0.3) is 6.08 Å². The highest BCUT2D eigenvalue weighted by molar-refractivity contribution is 6.06. The Morgan fingerprint density at radius 3 is 2.60 bits per heavy atom. The van der Waals surface area contributed by atoms with Gasteiger partial charge in [0.2, 0.25) is 0 Å². The lowest BCUT2D eigenvalue weighted by Gasteiger charge is -2.05. The molecule has 0 aliphatic carbocycles. The van der Waals surface area contributed by atoms with E-state index in [4.69, 9.17) is 15.4 Å². The van der Waals surface area contributed by atoms with Gasteiger partial charge in [0.15, 0.2) is 12.4 Å². The summed E-state index contributed by atoms with van der Waals surface area (Å²) in [6, 6.07) is 10.9. The number of nitrogens with zero attached hydrogens (tertiary/aromatic N) is 1. The van der Waals surface area contributed by atoms with Crippen molar-refractivity contribution in [3.05, 3.63) is 42.0 Å². The second kappa shape index (κ2) is 7.64. The zero-order chi connectivity index (χ0) is 15.0. The minimum Gasteiger partial charge on any atom is -0.454 e. The molecule has 1 aromatic rings. The van der Waals surface area contributed by atoms with E-state index in [0.29, 0.717) is 0 Å². The largest absolute Gasteiger partial charge is 0.454 e. The van der Waals surface area contributed by atoms with E-state index in [1.165, 1.54) is 13.0 Å². The molecule has 0 aliphatic rings. The fraction of sp³-hybridized carbons (Fsp3) is 0.200. The maximum absolute atomic E-state index is 11.5. The third-order valence-electron chi connectivity index (χ3n) is 2.45. The van der Waals surface area contributed by atoms with Crippen LogP contribution in [0.15, 0.2) is 36.4 Å². The van der Waals surface area contributed by atoms with Gasteiger partial charge in [0.25, 0.3) is 0 Å². The molecule has 0 aliphatic heterocycles. The van der Waals surface area contributed by atoms with Gasteiger partial charge in [-0.1, -0.05) is 30.3 Å². The van der Waals surface area contributed by atoms with Gasteiger partial charge < -0.3 is 10.1 Å². The number of benzene rings is 1. The topological polar surface area (TPSA) is 91.0 Å². The molecule has 0 bridgehead atoms. The van der Waals surface area contributed by atoms with Crippen molar-refractivity contribution < 1.29 is 14.3 Å². The first-order valence-corrected chi connectivity index (χ1v) is 5.92. The van der Waals surface area contributed by atoms with Gasteiger partial charge in [-0.15, -0.1) is 0 Å². The molecule has 5 nitrogen and oxygen atoms in total. The predicted octanol–water partition coefficient (Wildman–Crippen LogP) is 1.99. The van der Waals surface area contributed by atoms with Crippen LogP contribution in [0.3, 0.4) is 0 Å². The van der Waals surface area contributed by atoms with Crippen LogP contribution in [0.2, 0.25) is 0 Å². The first kappa shape index (κ1) is 15.3. The molecular formula is C15H14N2O3. The minimum atomic E-state index is -1.15. The lowest BCUT2D eigenvalue weighted by molar-refractivity contribution is -0.143. The second-order valence-electron chi connectivity index (χ2n) is 4.06. The number of ketones is 1. The van der Waals surface area contributed by atoms with Crippen molar-refractivity contribution in [3.63, 3.8) is 0 Å². The quantitative estimate of drug-likeness (QED) is 0.486. The summed E-state index contributed by atoms with van der Waals surface area (Å²) in [6.45, 7) is 0.856. The standard InChI is InChI=1S/C15H14N2O3/c1-11(17)13(9-16)14(18)10-20-15(19)8-7-12-5-3-2-4-6-12/h2-8,13,17H,10H2,1H3/b8-7+,17-11?. The van der Waals surface area contributed by atoms with Crippen molar-refractivity contribution in [3.8, 4) is 6.07 Å². The summed E-state index contributed by atoms with van der Waals surface area (Å²) < 4.78 is 4.74. The van der Waals surface area contributed by atoms with E-state index >= 15 is 0 Å². The Bertz CT molecular complexity index is 571. The van der Waals surface area contributed by atoms with E-state index in [1.54, 1.807) is 12.1 Å². The van der Waals surface area contributed by atoms with Crippen LogP contribution in [-0.4, -0.2) is 24.1 Å². The van der Waals surface area contributed by atoms with Crippen molar-refractivity contribution in [1.82, 2.24) is 0 Å². The average Bonchev–Trinajstić information content (AvgIpc) is 2.44. The zero-order valence-electron chi connectivity index (χ0n) is 11.0. The van der Waals surface area contributed by atoms with Crippen LogP contribution < -0.4 is 0 Å². The van der Waals surface area contributed by atoms with Crippen LogP contribution in [0.1, 0.15) is 12.5 Å². The lowest BCUT2D eigenvalue weighted by atomic mass is 10.0. The number of esters is 1. The highest BCUT2D eigenvalue weighted by Gasteiger charge is 2.20. The summed E-state index contributed by atoms with van der Waals surface area (Å²) in [5.74, 6) is -2.41. The first-order chi connectivity index (χ1) is 9.54. The van der Waals surface area contributed by atoms with Gasteiger partial charge in [-0.25, -0.2) is 4.79 Å². The van der Waals surface area contributed by atoms with Crippen molar-refractivity contribution in [2.45, 2.75) is 6.92 Å². The van der Waals surface area contributed by atoms with Crippen LogP contribution in [0, 0.1) is 22.7 Å². The van der Waals surface area contributed by atoms with Crippen molar-refractivity contribution in [1.29, 1.82) is 10.7 Å². The molecule has 0 amide bonds. The van der Waals surface area contributed by atoms with Gasteiger partial charge in [0, 0.05) is 11.8 Å².